The van der Waals surface area contributed by atoms with Crippen molar-refractivity contribution in [3.8, 4) is 0 Å². The number of benzene rings is 1. The Kier molecular flexibility index (Phi) is 6.19. The average Bonchev–Trinajstić information content (AvgIpc) is 2.89. The summed E-state index contributed by atoms with van der Waals surface area (Å²) in [5.41, 5.74) is 5.87. The van der Waals surface area contributed by atoms with Gasteiger partial charge in [-0.1, -0.05) is 12.1 Å². The van der Waals surface area contributed by atoms with Crippen LogP contribution in [-0.4, -0.2) is 40.2 Å². The lowest BCUT2D eigenvalue weighted by Gasteiger charge is -2.09. The number of ether oxygens (including phenoxy) is 1. The van der Waals surface area contributed by atoms with Gasteiger partial charge in [0.15, 0.2) is 6.61 Å². The fourth-order valence-electron chi connectivity index (χ4n) is 2.06. The molecule has 2 amide bonds. The zero-order valence-electron chi connectivity index (χ0n) is 13.4. The Morgan fingerprint density at radius 3 is 2.71 bits per heavy atom. The summed E-state index contributed by atoms with van der Waals surface area (Å²) in [5.74, 6) is -0.160. The first kappa shape index (κ1) is 17.8. The molecule has 0 unspecified atom stereocenters. The summed E-state index contributed by atoms with van der Waals surface area (Å²) in [4.78, 5) is 38.6. The highest BCUT2D eigenvalue weighted by molar-refractivity contribution is 7.97. The first-order valence-electron chi connectivity index (χ1n) is 7.15. The maximum atomic E-state index is 12.0. The molecule has 1 aromatic carbocycles. The van der Waals surface area contributed by atoms with Gasteiger partial charge in [-0.2, -0.15) is 11.8 Å². The minimum Gasteiger partial charge on any atom is -0.454 e. The first-order valence-corrected chi connectivity index (χ1v) is 8.54. The number of nitrogens with one attached hydrogen (secondary N) is 2. The van der Waals surface area contributed by atoms with Gasteiger partial charge in [0, 0.05) is 6.92 Å². The van der Waals surface area contributed by atoms with E-state index in [4.69, 9.17) is 4.74 Å². The molecule has 2 rings (SSSR count). The van der Waals surface area contributed by atoms with Gasteiger partial charge in [-0.3, -0.25) is 25.2 Å². The molecule has 0 atom stereocenters. The second-order valence-corrected chi connectivity index (χ2v) is 5.79. The highest BCUT2D eigenvalue weighted by Crippen LogP contribution is 2.18. The molecule has 1 aromatic heterocycles. The lowest BCUT2D eigenvalue weighted by molar-refractivity contribution is -0.149. The third-order valence-electron chi connectivity index (χ3n) is 3.04. The van der Waals surface area contributed by atoms with Crippen LogP contribution in [0.2, 0.25) is 0 Å². The number of hydrazine groups is 1. The van der Waals surface area contributed by atoms with E-state index in [9.17, 15) is 14.4 Å². The maximum absolute atomic E-state index is 12.0. The summed E-state index contributed by atoms with van der Waals surface area (Å²) in [5, 5.41) is 0. The molecule has 0 aliphatic rings. The van der Waals surface area contributed by atoms with E-state index >= 15 is 0 Å². The minimum atomic E-state index is -0.613. The monoisotopic (exact) mass is 350 g/mol. The van der Waals surface area contributed by atoms with Crippen molar-refractivity contribution in [3.63, 3.8) is 0 Å². The van der Waals surface area contributed by atoms with Crippen LogP contribution < -0.4 is 10.9 Å². The molecule has 0 radical (unpaired) electrons. The Morgan fingerprint density at radius 1 is 1.25 bits per heavy atom. The number of carbonyl (C=O) groups excluding carboxylic acids is 3. The molecule has 1 heterocycles. The van der Waals surface area contributed by atoms with Crippen LogP contribution in [-0.2, 0) is 31.4 Å². The van der Waals surface area contributed by atoms with E-state index in [0.29, 0.717) is 5.75 Å². The number of imidazole rings is 1. The van der Waals surface area contributed by atoms with E-state index < -0.39 is 24.4 Å². The molecule has 0 saturated carbocycles. The average molecular weight is 350 g/mol. The summed E-state index contributed by atoms with van der Waals surface area (Å²) in [7, 11) is 0. The van der Waals surface area contributed by atoms with Crippen molar-refractivity contribution in [2.45, 2.75) is 19.2 Å². The van der Waals surface area contributed by atoms with Crippen LogP contribution in [0.5, 0.6) is 0 Å². The molecule has 2 N–H and O–H groups in total. The van der Waals surface area contributed by atoms with Crippen LogP contribution in [0.1, 0.15) is 12.7 Å². The number of nitrogens with zero attached hydrogens (tertiary/aromatic N) is 2. The number of rotatable bonds is 6. The maximum Gasteiger partial charge on any atom is 0.326 e. The third-order valence-corrected chi connectivity index (χ3v) is 3.58. The molecule has 0 saturated heterocycles. The predicted molar refractivity (Wildman–Crippen MR) is 89.9 cm³/mol. The van der Waals surface area contributed by atoms with Gasteiger partial charge in [-0.25, -0.2) is 4.98 Å². The number of amides is 2. The van der Waals surface area contributed by atoms with Gasteiger partial charge >= 0.3 is 5.97 Å². The molecule has 9 heteroatoms. The summed E-state index contributed by atoms with van der Waals surface area (Å²) in [6, 6.07) is 7.51. The van der Waals surface area contributed by atoms with Crippen LogP contribution in [0, 0.1) is 0 Å². The fraction of sp³-hybridized carbons (Fsp3) is 0.333. The number of thioether (sulfide) groups is 1. The molecule has 0 bridgehead atoms. The Bertz CT molecular complexity index is 759. The summed E-state index contributed by atoms with van der Waals surface area (Å²) < 4.78 is 6.71. The predicted octanol–water partition coefficient (Wildman–Crippen LogP) is 0.610. The van der Waals surface area contributed by atoms with Crippen LogP contribution >= 0.6 is 11.8 Å². The first-order chi connectivity index (χ1) is 11.5. The van der Waals surface area contributed by atoms with Gasteiger partial charge < -0.3 is 9.30 Å². The van der Waals surface area contributed by atoms with Gasteiger partial charge in [-0.05, 0) is 18.4 Å². The smallest absolute Gasteiger partial charge is 0.326 e. The molecule has 0 spiro atoms. The van der Waals surface area contributed by atoms with Gasteiger partial charge in [0.2, 0.25) is 5.91 Å². The van der Waals surface area contributed by atoms with Crippen molar-refractivity contribution < 1.29 is 19.1 Å². The molecule has 0 aliphatic heterocycles. The number of esters is 1. The quantitative estimate of drug-likeness (QED) is 0.585. The molecule has 128 valence electrons. The van der Waals surface area contributed by atoms with E-state index in [1.807, 2.05) is 30.5 Å². The van der Waals surface area contributed by atoms with Gasteiger partial charge in [0.05, 0.1) is 16.8 Å². The van der Waals surface area contributed by atoms with E-state index in [0.717, 1.165) is 16.9 Å². The van der Waals surface area contributed by atoms with Gasteiger partial charge in [0.1, 0.15) is 12.4 Å². The normalized spacial score (nSPS) is 10.4. The number of hydrogen-bond donors (Lipinski definition) is 2. The molecule has 0 fully saturated rings. The molecular weight excluding hydrogens is 332 g/mol. The van der Waals surface area contributed by atoms with Gasteiger partial charge in [-0.15, -0.1) is 0 Å². The second kappa shape index (κ2) is 8.34. The zero-order chi connectivity index (χ0) is 17.5. The second-order valence-electron chi connectivity index (χ2n) is 4.93. The van der Waals surface area contributed by atoms with Crippen molar-refractivity contribution in [1.29, 1.82) is 0 Å². The van der Waals surface area contributed by atoms with Crippen LogP contribution in [0.4, 0.5) is 0 Å². The van der Waals surface area contributed by atoms with E-state index in [1.54, 1.807) is 16.3 Å². The number of para-hydroxylation sites is 2. The van der Waals surface area contributed by atoms with E-state index in [1.165, 1.54) is 6.92 Å². The lowest BCUT2D eigenvalue weighted by Crippen LogP contribution is -2.42. The number of fused-ring (bicyclic) bond motifs is 1. The van der Waals surface area contributed by atoms with Crippen LogP contribution in [0.15, 0.2) is 24.3 Å². The van der Waals surface area contributed by atoms with Gasteiger partial charge in [0.25, 0.3) is 5.91 Å². The molecule has 2 aromatic rings. The standard InChI is InChI=1S/C15H18N4O4S/c1-10(20)17-18-14(21)8-23-15(22)7-19-12-6-4-3-5-11(12)16-13(19)9-24-2/h3-6H,7-9H2,1-2H3,(H,17,20)(H,18,21). The number of aromatic nitrogens is 2. The van der Waals surface area contributed by atoms with Crippen molar-refractivity contribution in [3.05, 3.63) is 30.1 Å². The van der Waals surface area contributed by atoms with Crippen molar-refractivity contribution >= 4 is 40.6 Å². The summed E-state index contributed by atoms with van der Waals surface area (Å²) in [6.45, 7) is 0.747. The largest absolute Gasteiger partial charge is 0.454 e. The minimum absolute atomic E-state index is 0.0379. The van der Waals surface area contributed by atoms with Crippen LogP contribution in [0.3, 0.4) is 0 Å². The summed E-state index contributed by atoms with van der Waals surface area (Å²) >= 11 is 1.60. The Labute approximate surface area is 142 Å². The van der Waals surface area contributed by atoms with E-state index in [-0.39, 0.29) is 6.54 Å². The number of hydrogen-bond acceptors (Lipinski definition) is 6. The Morgan fingerprint density at radius 2 is 2.00 bits per heavy atom. The topological polar surface area (TPSA) is 102 Å². The molecule has 24 heavy (non-hydrogen) atoms. The van der Waals surface area contributed by atoms with Crippen molar-refractivity contribution in [2.24, 2.45) is 0 Å². The zero-order valence-corrected chi connectivity index (χ0v) is 14.2. The molecule has 0 aliphatic carbocycles. The fourth-order valence-corrected chi connectivity index (χ4v) is 2.53. The molecular formula is C15H18N4O4S. The molecule has 8 nitrogen and oxygen atoms in total. The Balaban J connectivity index is 2.00. The van der Waals surface area contributed by atoms with Crippen LogP contribution in [0.25, 0.3) is 11.0 Å². The summed E-state index contributed by atoms with van der Waals surface area (Å²) in [6.07, 6.45) is 1.95. The highest BCUT2D eigenvalue weighted by Gasteiger charge is 2.15. The van der Waals surface area contributed by atoms with Crippen molar-refractivity contribution in [1.82, 2.24) is 20.4 Å². The highest BCUT2D eigenvalue weighted by atomic mass is 32.2. The number of carbonyl (C=O) groups is 3. The SMILES string of the molecule is CSCc1nc2ccccc2n1CC(=O)OCC(=O)NNC(C)=O. The van der Waals surface area contributed by atoms with Crippen molar-refractivity contribution in [2.75, 3.05) is 12.9 Å². The lowest BCUT2D eigenvalue weighted by atomic mass is 10.3. The van der Waals surface area contributed by atoms with E-state index in [2.05, 4.69) is 15.8 Å². The Hall–Kier alpha value is -2.55. The third kappa shape index (κ3) is 4.72.